The number of rotatable bonds is 2. The standard InChI is InChI=1S/C5H3NO3S2/c7-4(8)3-1-2(5(9)10)6-11-3/h1H,(H,7,8)(H,9,10). The van der Waals surface area contributed by atoms with Crippen LogP contribution in [0.5, 0.6) is 0 Å². The van der Waals surface area contributed by atoms with Crippen molar-refractivity contribution in [2.24, 2.45) is 0 Å². The van der Waals surface area contributed by atoms with Gasteiger partial charge in [0.25, 0.3) is 0 Å². The van der Waals surface area contributed by atoms with Gasteiger partial charge in [-0.05, 0) is 17.6 Å². The zero-order chi connectivity index (χ0) is 8.43. The van der Waals surface area contributed by atoms with Crippen molar-refractivity contribution in [2.45, 2.75) is 0 Å². The van der Waals surface area contributed by atoms with Gasteiger partial charge in [0, 0.05) is 0 Å². The number of thiol groups is 1. The summed E-state index contributed by atoms with van der Waals surface area (Å²) < 4.78 is 3.57. The third kappa shape index (κ3) is 1.78. The van der Waals surface area contributed by atoms with Gasteiger partial charge in [0.05, 0.1) is 0 Å². The molecule has 0 aliphatic heterocycles. The molecule has 58 valence electrons. The molecule has 6 heteroatoms. The first-order valence-electron chi connectivity index (χ1n) is 2.54. The zero-order valence-electron chi connectivity index (χ0n) is 5.14. The van der Waals surface area contributed by atoms with E-state index >= 15 is 0 Å². The summed E-state index contributed by atoms with van der Waals surface area (Å²) in [5.74, 6) is -1.08. The average molecular weight is 189 g/mol. The largest absolute Gasteiger partial charge is 0.477 e. The van der Waals surface area contributed by atoms with Crippen LogP contribution < -0.4 is 0 Å². The van der Waals surface area contributed by atoms with E-state index in [1.165, 1.54) is 6.07 Å². The second kappa shape index (κ2) is 3.02. The van der Waals surface area contributed by atoms with E-state index in [-0.39, 0.29) is 10.6 Å². The lowest BCUT2D eigenvalue weighted by molar-refractivity contribution is 0.0702. The summed E-state index contributed by atoms with van der Waals surface area (Å²) in [6.07, 6.45) is 0. The Hall–Kier alpha value is -0.880. The van der Waals surface area contributed by atoms with E-state index in [1.807, 2.05) is 0 Å². The van der Waals surface area contributed by atoms with Crippen molar-refractivity contribution in [3.05, 3.63) is 16.6 Å². The number of carbonyl (C=O) groups is 2. The molecule has 0 saturated carbocycles. The highest BCUT2D eigenvalue weighted by molar-refractivity contribution is 7.97. The van der Waals surface area contributed by atoms with Crippen LogP contribution in [0.4, 0.5) is 0 Å². The number of hydrogen-bond acceptors (Lipinski definition) is 4. The number of hydrogen-bond donors (Lipinski definition) is 2. The normalized spacial score (nSPS) is 9.55. The molecule has 1 heterocycles. The van der Waals surface area contributed by atoms with E-state index in [9.17, 15) is 9.59 Å². The molecule has 0 amide bonds. The molecule has 0 radical (unpaired) electrons. The van der Waals surface area contributed by atoms with Crippen LogP contribution in [0.3, 0.4) is 0 Å². The van der Waals surface area contributed by atoms with Gasteiger partial charge in [0.1, 0.15) is 10.6 Å². The number of nitrogens with zero attached hydrogens (tertiary/aromatic N) is 1. The molecule has 1 aromatic rings. The van der Waals surface area contributed by atoms with Crippen molar-refractivity contribution < 1.29 is 14.7 Å². The lowest BCUT2D eigenvalue weighted by Gasteiger charge is -1.80. The van der Waals surface area contributed by atoms with E-state index in [0.717, 1.165) is 11.5 Å². The zero-order valence-corrected chi connectivity index (χ0v) is 6.85. The number of aromatic carboxylic acids is 1. The van der Waals surface area contributed by atoms with Crippen LogP contribution in [0.15, 0.2) is 6.07 Å². The van der Waals surface area contributed by atoms with E-state index in [0.29, 0.717) is 0 Å². The summed E-state index contributed by atoms with van der Waals surface area (Å²) in [6.45, 7) is 0. The molecule has 0 aliphatic rings. The topological polar surface area (TPSA) is 67.3 Å². The first-order valence-corrected chi connectivity index (χ1v) is 3.76. The quantitative estimate of drug-likeness (QED) is 0.678. The second-order valence-corrected chi connectivity index (χ2v) is 2.90. The van der Waals surface area contributed by atoms with Gasteiger partial charge >= 0.3 is 5.97 Å². The fraction of sp³-hybridized carbons (Fsp3) is 0. The first-order chi connectivity index (χ1) is 5.11. The SMILES string of the molecule is O=C(S)c1cc(C(=O)O)sn1. The Labute approximate surface area is 71.4 Å². The summed E-state index contributed by atoms with van der Waals surface area (Å²) in [7, 11) is 0. The van der Waals surface area contributed by atoms with Crippen LogP contribution >= 0.6 is 24.2 Å². The molecule has 0 fully saturated rings. The maximum absolute atomic E-state index is 10.5. The Balaban J connectivity index is 2.99. The third-order valence-corrected chi connectivity index (χ3v) is 1.95. The van der Waals surface area contributed by atoms with Crippen LogP contribution in [-0.2, 0) is 0 Å². The monoisotopic (exact) mass is 189 g/mol. The number of carboxylic acids is 1. The first kappa shape index (κ1) is 8.22. The molecule has 11 heavy (non-hydrogen) atoms. The molecule has 1 N–H and O–H groups in total. The molecule has 0 atom stereocenters. The van der Waals surface area contributed by atoms with Crippen molar-refractivity contribution in [1.82, 2.24) is 4.37 Å². The number of carbonyl (C=O) groups excluding carboxylic acids is 1. The highest BCUT2D eigenvalue weighted by Crippen LogP contribution is 2.11. The molecule has 0 aromatic carbocycles. The van der Waals surface area contributed by atoms with E-state index < -0.39 is 11.1 Å². The summed E-state index contributed by atoms with van der Waals surface area (Å²) in [6, 6.07) is 1.20. The van der Waals surface area contributed by atoms with Crippen molar-refractivity contribution >= 4 is 35.2 Å². The maximum Gasteiger partial charge on any atom is 0.347 e. The van der Waals surface area contributed by atoms with Gasteiger partial charge in [-0.15, -0.1) is 0 Å². The van der Waals surface area contributed by atoms with Crippen LogP contribution in [0.2, 0.25) is 0 Å². The fourth-order valence-corrected chi connectivity index (χ4v) is 1.23. The van der Waals surface area contributed by atoms with E-state index in [2.05, 4.69) is 17.0 Å². The van der Waals surface area contributed by atoms with Crippen molar-refractivity contribution in [2.75, 3.05) is 0 Å². The Morgan fingerprint density at radius 1 is 1.64 bits per heavy atom. The summed E-state index contributed by atoms with van der Waals surface area (Å²) in [5, 5.41) is 7.89. The lowest BCUT2D eigenvalue weighted by atomic mass is 10.4. The molecule has 0 bridgehead atoms. The average Bonchev–Trinajstić information content (AvgIpc) is 2.33. The van der Waals surface area contributed by atoms with Gasteiger partial charge in [-0.3, -0.25) is 4.79 Å². The molecule has 0 aliphatic carbocycles. The Bertz CT molecular complexity index is 278. The third-order valence-electron chi connectivity index (χ3n) is 0.940. The Morgan fingerprint density at radius 2 is 2.27 bits per heavy atom. The smallest absolute Gasteiger partial charge is 0.347 e. The lowest BCUT2D eigenvalue weighted by Crippen LogP contribution is -1.91. The Kier molecular flexibility index (Phi) is 2.25. The molecule has 0 unspecified atom stereocenters. The minimum atomic E-state index is -1.08. The molecular formula is C5H3NO3S2. The molecule has 0 spiro atoms. The van der Waals surface area contributed by atoms with Gasteiger partial charge in [0.2, 0.25) is 5.12 Å². The minimum Gasteiger partial charge on any atom is -0.477 e. The van der Waals surface area contributed by atoms with Gasteiger partial charge in [-0.25, -0.2) is 4.79 Å². The van der Waals surface area contributed by atoms with Gasteiger partial charge in [-0.2, -0.15) is 4.37 Å². The summed E-state index contributed by atoms with van der Waals surface area (Å²) in [5.41, 5.74) is 0.0794. The molecular weight excluding hydrogens is 186 g/mol. The van der Waals surface area contributed by atoms with Gasteiger partial charge < -0.3 is 5.11 Å². The Morgan fingerprint density at radius 3 is 2.55 bits per heavy atom. The minimum absolute atomic E-state index is 0.0439. The highest BCUT2D eigenvalue weighted by Gasteiger charge is 2.11. The fourth-order valence-electron chi connectivity index (χ4n) is 0.477. The molecule has 0 saturated heterocycles. The van der Waals surface area contributed by atoms with Crippen LogP contribution in [0, 0.1) is 0 Å². The van der Waals surface area contributed by atoms with Crippen molar-refractivity contribution in [1.29, 1.82) is 0 Å². The summed E-state index contributed by atoms with van der Waals surface area (Å²) >= 11 is 4.25. The van der Waals surface area contributed by atoms with E-state index in [4.69, 9.17) is 5.11 Å². The van der Waals surface area contributed by atoms with Gasteiger partial charge in [0.15, 0.2) is 0 Å². The van der Waals surface area contributed by atoms with Crippen molar-refractivity contribution in [3.63, 3.8) is 0 Å². The van der Waals surface area contributed by atoms with Crippen molar-refractivity contribution in [3.8, 4) is 0 Å². The molecule has 4 nitrogen and oxygen atoms in total. The van der Waals surface area contributed by atoms with E-state index in [1.54, 1.807) is 0 Å². The summed E-state index contributed by atoms with van der Waals surface area (Å²) in [4.78, 5) is 20.8. The van der Waals surface area contributed by atoms with Gasteiger partial charge in [-0.1, -0.05) is 12.6 Å². The van der Waals surface area contributed by atoms with Crippen LogP contribution in [0.1, 0.15) is 20.2 Å². The predicted octanol–water partition coefficient (Wildman–Crippen LogP) is 0.911. The maximum atomic E-state index is 10.5. The van der Waals surface area contributed by atoms with Crippen LogP contribution in [-0.4, -0.2) is 20.6 Å². The van der Waals surface area contributed by atoms with Crippen LogP contribution in [0.25, 0.3) is 0 Å². The second-order valence-electron chi connectivity index (χ2n) is 1.69. The predicted molar refractivity (Wildman–Crippen MR) is 42.4 cm³/mol. The number of carboxylic acid groups (broad SMARTS) is 1. The highest BCUT2D eigenvalue weighted by atomic mass is 32.1. The molecule has 1 aromatic heterocycles. The number of aromatic nitrogens is 1. The molecule has 1 rings (SSSR count).